The van der Waals surface area contributed by atoms with E-state index in [4.69, 9.17) is 0 Å². The van der Waals surface area contributed by atoms with E-state index in [9.17, 15) is 0 Å². The summed E-state index contributed by atoms with van der Waals surface area (Å²) in [5.74, 6) is 1.01. The average Bonchev–Trinajstić information content (AvgIpc) is 3.03. The highest BCUT2D eigenvalue weighted by molar-refractivity contribution is 7.15. The van der Waals surface area contributed by atoms with Crippen LogP contribution in [0.1, 0.15) is 31.5 Å². The third-order valence-corrected chi connectivity index (χ3v) is 4.30. The third kappa shape index (κ3) is 2.99. The molecule has 0 amide bonds. The summed E-state index contributed by atoms with van der Waals surface area (Å²) < 4.78 is 2.10. The molecule has 0 spiro atoms. The Bertz CT molecular complexity index is 582. The molecule has 1 aliphatic rings. The Morgan fingerprint density at radius 3 is 3.00 bits per heavy atom. The number of aromatic nitrogens is 4. The molecule has 0 radical (unpaired) electrons. The Kier molecular flexibility index (Phi) is 3.47. The van der Waals surface area contributed by atoms with Gasteiger partial charge in [0.05, 0.1) is 6.54 Å². The van der Waals surface area contributed by atoms with E-state index in [2.05, 4.69) is 50.7 Å². The van der Waals surface area contributed by atoms with Crippen molar-refractivity contribution in [3.05, 3.63) is 23.2 Å². The molecule has 108 valence electrons. The van der Waals surface area contributed by atoms with Crippen LogP contribution < -0.4 is 10.2 Å². The molecule has 1 aliphatic heterocycles. The van der Waals surface area contributed by atoms with Gasteiger partial charge in [0, 0.05) is 36.2 Å². The second kappa shape index (κ2) is 5.14. The molecule has 0 unspecified atom stereocenters. The molecule has 2 aromatic rings. The summed E-state index contributed by atoms with van der Waals surface area (Å²) in [6, 6.07) is 0. The Morgan fingerprint density at radius 2 is 2.20 bits per heavy atom. The second-order valence-corrected chi connectivity index (χ2v) is 7.17. The first-order valence-corrected chi connectivity index (χ1v) is 7.64. The maximum absolute atomic E-state index is 4.54. The maximum atomic E-state index is 4.54. The molecule has 2 aromatic heterocycles. The highest BCUT2D eigenvalue weighted by Crippen LogP contribution is 2.25. The number of rotatable bonds is 3. The van der Waals surface area contributed by atoms with Gasteiger partial charge in [-0.25, -0.2) is 4.98 Å². The van der Waals surface area contributed by atoms with Crippen LogP contribution in [0, 0.1) is 0 Å². The molecule has 6 nitrogen and oxygen atoms in total. The van der Waals surface area contributed by atoms with E-state index in [1.165, 1.54) is 4.88 Å². The molecule has 3 rings (SSSR count). The van der Waals surface area contributed by atoms with E-state index < -0.39 is 0 Å². The minimum Gasteiger partial charge on any atom is -0.339 e. The van der Waals surface area contributed by atoms with E-state index in [1.54, 1.807) is 17.7 Å². The Morgan fingerprint density at radius 1 is 1.35 bits per heavy atom. The lowest BCUT2D eigenvalue weighted by Gasteiger charge is -2.26. The van der Waals surface area contributed by atoms with Crippen molar-refractivity contribution in [3.8, 4) is 0 Å². The molecular weight excluding hydrogens is 272 g/mol. The number of thiazole rings is 1. The lowest BCUT2D eigenvalue weighted by molar-refractivity contribution is 0.426. The van der Waals surface area contributed by atoms with Gasteiger partial charge in [0.15, 0.2) is 11.0 Å². The number of nitrogens with zero attached hydrogens (tertiary/aromatic N) is 5. The van der Waals surface area contributed by atoms with Crippen LogP contribution in [0.5, 0.6) is 0 Å². The summed E-state index contributed by atoms with van der Waals surface area (Å²) >= 11 is 1.75. The van der Waals surface area contributed by atoms with Crippen molar-refractivity contribution in [1.82, 2.24) is 25.1 Å². The summed E-state index contributed by atoms with van der Waals surface area (Å²) in [5, 5.41) is 12.7. The number of fused-ring (bicyclic) bond motifs is 1. The van der Waals surface area contributed by atoms with Crippen LogP contribution in [-0.4, -0.2) is 31.8 Å². The van der Waals surface area contributed by atoms with E-state index in [0.29, 0.717) is 0 Å². The molecule has 0 aromatic carbocycles. The second-order valence-electron chi connectivity index (χ2n) is 6.07. The van der Waals surface area contributed by atoms with Crippen molar-refractivity contribution in [2.24, 2.45) is 0 Å². The van der Waals surface area contributed by atoms with Crippen LogP contribution in [0.4, 0.5) is 5.13 Å². The first-order valence-electron chi connectivity index (χ1n) is 6.83. The molecule has 3 heterocycles. The molecule has 0 bridgehead atoms. The zero-order chi connectivity index (χ0) is 14.2. The third-order valence-electron chi connectivity index (χ3n) is 3.24. The Hall–Kier alpha value is -1.47. The molecule has 7 heteroatoms. The lowest BCUT2D eigenvalue weighted by atomic mass is 10.1. The fourth-order valence-corrected chi connectivity index (χ4v) is 2.98. The van der Waals surface area contributed by atoms with Crippen molar-refractivity contribution >= 4 is 16.5 Å². The van der Waals surface area contributed by atoms with Crippen LogP contribution in [0.15, 0.2) is 12.5 Å². The predicted octanol–water partition coefficient (Wildman–Crippen LogP) is 1.64. The van der Waals surface area contributed by atoms with Crippen molar-refractivity contribution in [2.75, 3.05) is 11.4 Å². The number of hydrogen-bond acceptors (Lipinski definition) is 6. The van der Waals surface area contributed by atoms with E-state index >= 15 is 0 Å². The summed E-state index contributed by atoms with van der Waals surface area (Å²) in [6.45, 7) is 10.1. The van der Waals surface area contributed by atoms with Gasteiger partial charge in [-0.15, -0.1) is 21.5 Å². The molecular formula is C13H20N6S. The first-order chi connectivity index (χ1) is 9.51. The lowest BCUT2D eigenvalue weighted by Crippen LogP contribution is -2.34. The van der Waals surface area contributed by atoms with Crippen LogP contribution in [-0.2, 0) is 19.6 Å². The van der Waals surface area contributed by atoms with Gasteiger partial charge in [-0.3, -0.25) is 0 Å². The van der Waals surface area contributed by atoms with Gasteiger partial charge in [-0.1, -0.05) is 0 Å². The molecule has 0 saturated carbocycles. The highest BCUT2D eigenvalue weighted by Gasteiger charge is 2.20. The Labute approximate surface area is 122 Å². The standard InChI is InChI=1S/C13H20N6S/c1-13(2,3)15-7-10-6-14-12(20-10)18-4-5-19-9-16-17-11(19)8-18/h6,9,15H,4-5,7-8H2,1-3H3. The predicted molar refractivity (Wildman–Crippen MR) is 79.8 cm³/mol. The minimum absolute atomic E-state index is 0.131. The fourth-order valence-electron chi connectivity index (χ4n) is 2.11. The van der Waals surface area contributed by atoms with Crippen molar-refractivity contribution in [1.29, 1.82) is 0 Å². The number of hydrogen-bond donors (Lipinski definition) is 1. The van der Waals surface area contributed by atoms with Gasteiger partial charge in [0.25, 0.3) is 0 Å². The smallest absolute Gasteiger partial charge is 0.186 e. The monoisotopic (exact) mass is 292 g/mol. The summed E-state index contributed by atoms with van der Waals surface area (Å²) in [5.41, 5.74) is 0.131. The van der Waals surface area contributed by atoms with Gasteiger partial charge >= 0.3 is 0 Å². The molecule has 0 saturated heterocycles. The van der Waals surface area contributed by atoms with Gasteiger partial charge in [0.1, 0.15) is 6.33 Å². The SMILES string of the molecule is CC(C)(C)NCc1cnc(N2CCn3cnnc3C2)s1. The van der Waals surface area contributed by atoms with Crippen LogP contribution in [0.2, 0.25) is 0 Å². The summed E-state index contributed by atoms with van der Waals surface area (Å²) in [4.78, 5) is 8.08. The van der Waals surface area contributed by atoms with Gasteiger partial charge in [-0.05, 0) is 20.8 Å². The molecule has 0 fully saturated rings. The largest absolute Gasteiger partial charge is 0.339 e. The minimum atomic E-state index is 0.131. The zero-order valence-corrected chi connectivity index (χ0v) is 12.9. The van der Waals surface area contributed by atoms with E-state index in [0.717, 1.165) is 37.1 Å². The van der Waals surface area contributed by atoms with Crippen molar-refractivity contribution in [3.63, 3.8) is 0 Å². The van der Waals surface area contributed by atoms with Crippen molar-refractivity contribution in [2.45, 2.75) is 45.9 Å². The van der Waals surface area contributed by atoms with Crippen LogP contribution >= 0.6 is 11.3 Å². The quantitative estimate of drug-likeness (QED) is 0.932. The maximum Gasteiger partial charge on any atom is 0.186 e. The van der Waals surface area contributed by atoms with Gasteiger partial charge in [0.2, 0.25) is 0 Å². The summed E-state index contributed by atoms with van der Waals surface area (Å²) in [6.07, 6.45) is 3.77. The van der Waals surface area contributed by atoms with Crippen molar-refractivity contribution < 1.29 is 0 Å². The summed E-state index contributed by atoms with van der Waals surface area (Å²) in [7, 11) is 0. The fraction of sp³-hybridized carbons (Fsp3) is 0.615. The Balaban J connectivity index is 1.66. The molecule has 1 N–H and O–H groups in total. The van der Waals surface area contributed by atoms with Gasteiger partial charge in [-0.2, -0.15) is 0 Å². The first kappa shape index (κ1) is 13.5. The molecule has 0 atom stereocenters. The van der Waals surface area contributed by atoms with E-state index in [-0.39, 0.29) is 5.54 Å². The molecule has 20 heavy (non-hydrogen) atoms. The zero-order valence-electron chi connectivity index (χ0n) is 12.1. The number of anilines is 1. The number of nitrogens with one attached hydrogen (secondary N) is 1. The van der Waals surface area contributed by atoms with Crippen LogP contribution in [0.3, 0.4) is 0 Å². The van der Waals surface area contributed by atoms with Gasteiger partial charge < -0.3 is 14.8 Å². The van der Waals surface area contributed by atoms with E-state index in [1.807, 2.05) is 6.20 Å². The highest BCUT2D eigenvalue weighted by atomic mass is 32.1. The molecule has 0 aliphatic carbocycles. The normalized spacial score (nSPS) is 15.4. The average molecular weight is 292 g/mol. The topological polar surface area (TPSA) is 58.9 Å². The van der Waals surface area contributed by atoms with Crippen LogP contribution in [0.25, 0.3) is 0 Å².